The fraction of sp³-hybridized carbons (Fsp3) is 0.190. The van der Waals surface area contributed by atoms with E-state index in [1.807, 2.05) is 30.3 Å². The summed E-state index contributed by atoms with van der Waals surface area (Å²) in [6.45, 7) is 0. The molecule has 0 fully saturated rings. The first-order chi connectivity index (χ1) is 11.8. The van der Waals surface area contributed by atoms with E-state index in [-0.39, 0.29) is 17.9 Å². The van der Waals surface area contributed by atoms with Gasteiger partial charge in [-0.1, -0.05) is 54.6 Å². The molecule has 0 aliphatic carbocycles. The Labute approximate surface area is 140 Å². The van der Waals surface area contributed by atoms with E-state index in [1.54, 1.807) is 0 Å². The third-order valence-corrected chi connectivity index (χ3v) is 5.09. The van der Waals surface area contributed by atoms with Gasteiger partial charge in [-0.2, -0.15) is 0 Å². The first-order valence-electron chi connectivity index (χ1n) is 8.36. The Morgan fingerprint density at radius 1 is 0.917 bits per heavy atom. The van der Waals surface area contributed by atoms with Crippen LogP contribution in [0.2, 0.25) is 0 Å². The van der Waals surface area contributed by atoms with Crippen LogP contribution in [-0.2, 0) is 4.79 Å². The van der Waals surface area contributed by atoms with E-state index in [2.05, 4.69) is 35.6 Å². The fourth-order valence-electron chi connectivity index (χ4n) is 4.01. The number of para-hydroxylation sites is 1. The van der Waals surface area contributed by atoms with Gasteiger partial charge in [-0.25, -0.2) is 0 Å². The van der Waals surface area contributed by atoms with E-state index in [4.69, 9.17) is 4.74 Å². The van der Waals surface area contributed by atoms with Gasteiger partial charge in [0.05, 0.1) is 6.42 Å². The zero-order valence-corrected chi connectivity index (χ0v) is 13.2. The first kappa shape index (κ1) is 13.6. The number of rotatable bonds is 0. The van der Waals surface area contributed by atoms with Gasteiger partial charge in [-0.05, 0) is 23.4 Å². The predicted octanol–water partition coefficient (Wildman–Crippen LogP) is 4.47. The van der Waals surface area contributed by atoms with Crippen molar-refractivity contribution in [3.8, 4) is 5.75 Å². The standard InChI is InChI=1S/C21H17NO2/c23-20-12-14-11-18(16-7-3-4-8-19(16)22-20)17-10-9-13-5-1-2-6-15(13)21(17)24-14/h1-10,14,18H,11-12H2,(H,22,23)/t14-,18+/m1/s1. The molecular weight excluding hydrogens is 298 g/mol. The zero-order valence-electron chi connectivity index (χ0n) is 13.2. The summed E-state index contributed by atoms with van der Waals surface area (Å²) >= 11 is 0. The van der Waals surface area contributed by atoms with E-state index < -0.39 is 0 Å². The lowest BCUT2D eigenvalue weighted by Crippen LogP contribution is -2.33. The van der Waals surface area contributed by atoms with Crippen LogP contribution in [0.25, 0.3) is 10.8 Å². The van der Waals surface area contributed by atoms with Gasteiger partial charge in [0.1, 0.15) is 11.9 Å². The molecule has 2 aliphatic heterocycles. The molecular formula is C21H17NO2. The Bertz CT molecular complexity index is 963. The largest absolute Gasteiger partial charge is 0.489 e. The summed E-state index contributed by atoms with van der Waals surface area (Å²) in [5.41, 5.74) is 3.32. The molecule has 0 aromatic heterocycles. The van der Waals surface area contributed by atoms with Crippen molar-refractivity contribution in [3.05, 3.63) is 71.8 Å². The third-order valence-electron chi connectivity index (χ3n) is 5.09. The second-order valence-electron chi connectivity index (χ2n) is 6.57. The lowest BCUT2D eigenvalue weighted by atomic mass is 9.80. The smallest absolute Gasteiger partial charge is 0.228 e. The minimum atomic E-state index is -0.0818. The summed E-state index contributed by atoms with van der Waals surface area (Å²) in [6.07, 6.45) is 1.16. The summed E-state index contributed by atoms with van der Waals surface area (Å²) in [5.74, 6) is 1.22. The summed E-state index contributed by atoms with van der Waals surface area (Å²) in [4.78, 5) is 12.3. The number of hydrogen-bond donors (Lipinski definition) is 1. The molecule has 0 saturated carbocycles. The van der Waals surface area contributed by atoms with Gasteiger partial charge >= 0.3 is 0 Å². The lowest BCUT2D eigenvalue weighted by molar-refractivity contribution is -0.118. The van der Waals surface area contributed by atoms with Crippen molar-refractivity contribution < 1.29 is 9.53 Å². The van der Waals surface area contributed by atoms with Gasteiger partial charge in [0, 0.05) is 22.6 Å². The Morgan fingerprint density at radius 2 is 1.75 bits per heavy atom. The van der Waals surface area contributed by atoms with E-state index >= 15 is 0 Å². The van der Waals surface area contributed by atoms with Crippen molar-refractivity contribution in [2.75, 3.05) is 5.32 Å². The van der Waals surface area contributed by atoms with Gasteiger partial charge in [-0.15, -0.1) is 0 Å². The number of fused-ring (bicyclic) bond motifs is 8. The highest BCUT2D eigenvalue weighted by Crippen LogP contribution is 2.47. The van der Waals surface area contributed by atoms with Crippen LogP contribution in [0.3, 0.4) is 0 Å². The SMILES string of the molecule is O=C1C[C@H]2C[C@@H](c3ccccc3N1)c1ccc3ccccc3c1O2. The number of ether oxygens (including phenoxy) is 1. The van der Waals surface area contributed by atoms with Crippen molar-refractivity contribution in [1.29, 1.82) is 0 Å². The number of amides is 1. The fourth-order valence-corrected chi connectivity index (χ4v) is 4.01. The van der Waals surface area contributed by atoms with Crippen LogP contribution in [0.5, 0.6) is 5.75 Å². The zero-order chi connectivity index (χ0) is 16.1. The molecule has 2 aliphatic rings. The molecule has 0 radical (unpaired) electrons. The predicted molar refractivity (Wildman–Crippen MR) is 94.5 cm³/mol. The van der Waals surface area contributed by atoms with Crippen LogP contribution >= 0.6 is 0 Å². The van der Waals surface area contributed by atoms with Crippen molar-refractivity contribution in [3.63, 3.8) is 0 Å². The number of hydrogen-bond acceptors (Lipinski definition) is 2. The van der Waals surface area contributed by atoms with Gasteiger partial charge in [-0.3, -0.25) is 4.79 Å². The molecule has 3 aromatic rings. The summed E-state index contributed by atoms with van der Waals surface area (Å²) < 4.78 is 6.28. The molecule has 0 spiro atoms. The molecule has 5 rings (SSSR count). The molecule has 2 heterocycles. The van der Waals surface area contributed by atoms with Crippen LogP contribution < -0.4 is 10.1 Å². The van der Waals surface area contributed by atoms with E-state index in [0.29, 0.717) is 6.42 Å². The normalized spacial score (nSPS) is 21.8. The minimum Gasteiger partial charge on any atom is -0.489 e. The van der Waals surface area contributed by atoms with Crippen molar-refractivity contribution >= 4 is 22.4 Å². The average Bonchev–Trinajstić information content (AvgIpc) is 2.60. The van der Waals surface area contributed by atoms with Crippen LogP contribution in [0.1, 0.15) is 29.9 Å². The quantitative estimate of drug-likeness (QED) is 0.665. The Kier molecular flexibility index (Phi) is 2.89. The Morgan fingerprint density at radius 3 is 2.71 bits per heavy atom. The molecule has 2 atom stereocenters. The van der Waals surface area contributed by atoms with Crippen LogP contribution in [0.4, 0.5) is 5.69 Å². The maximum absolute atomic E-state index is 12.3. The lowest BCUT2D eigenvalue weighted by Gasteiger charge is -2.35. The summed E-state index contributed by atoms with van der Waals surface area (Å²) in [6, 6.07) is 20.7. The summed E-state index contributed by atoms with van der Waals surface area (Å²) in [7, 11) is 0. The van der Waals surface area contributed by atoms with Crippen LogP contribution in [0.15, 0.2) is 60.7 Å². The second kappa shape index (κ2) is 5.10. The number of benzene rings is 3. The van der Waals surface area contributed by atoms with E-state index in [9.17, 15) is 4.79 Å². The maximum atomic E-state index is 12.3. The molecule has 1 N–H and O–H groups in total. The van der Waals surface area contributed by atoms with Crippen molar-refractivity contribution in [2.24, 2.45) is 0 Å². The number of nitrogens with one attached hydrogen (secondary N) is 1. The molecule has 3 aromatic carbocycles. The van der Waals surface area contributed by atoms with E-state index in [1.165, 1.54) is 16.5 Å². The summed E-state index contributed by atoms with van der Waals surface area (Å²) in [5, 5.41) is 5.34. The maximum Gasteiger partial charge on any atom is 0.228 e. The monoisotopic (exact) mass is 315 g/mol. The van der Waals surface area contributed by atoms with Crippen LogP contribution in [-0.4, -0.2) is 12.0 Å². The molecule has 0 saturated heterocycles. The molecule has 3 heteroatoms. The molecule has 2 bridgehead atoms. The highest BCUT2D eigenvalue weighted by atomic mass is 16.5. The Balaban J connectivity index is 1.78. The molecule has 24 heavy (non-hydrogen) atoms. The average molecular weight is 315 g/mol. The molecule has 1 amide bonds. The third kappa shape index (κ3) is 2.01. The van der Waals surface area contributed by atoms with Crippen molar-refractivity contribution in [2.45, 2.75) is 24.9 Å². The Hall–Kier alpha value is -2.81. The number of carbonyl (C=O) groups excluding carboxylic acids is 1. The molecule has 3 nitrogen and oxygen atoms in total. The number of anilines is 1. The second-order valence-corrected chi connectivity index (χ2v) is 6.57. The highest BCUT2D eigenvalue weighted by molar-refractivity contribution is 5.94. The topological polar surface area (TPSA) is 38.3 Å². The first-order valence-corrected chi connectivity index (χ1v) is 8.36. The minimum absolute atomic E-state index is 0.0228. The molecule has 118 valence electrons. The van der Waals surface area contributed by atoms with E-state index in [0.717, 1.165) is 23.2 Å². The van der Waals surface area contributed by atoms with Gasteiger partial charge < -0.3 is 10.1 Å². The molecule has 0 unspecified atom stereocenters. The number of carbonyl (C=O) groups is 1. The van der Waals surface area contributed by atoms with Gasteiger partial charge in [0.15, 0.2) is 0 Å². The highest BCUT2D eigenvalue weighted by Gasteiger charge is 2.34. The van der Waals surface area contributed by atoms with Gasteiger partial charge in [0.25, 0.3) is 0 Å². The van der Waals surface area contributed by atoms with Crippen LogP contribution in [0, 0.1) is 0 Å². The van der Waals surface area contributed by atoms with Gasteiger partial charge in [0.2, 0.25) is 5.91 Å². The van der Waals surface area contributed by atoms with Crippen molar-refractivity contribution in [1.82, 2.24) is 0 Å².